The van der Waals surface area contributed by atoms with Crippen molar-refractivity contribution in [3.63, 3.8) is 0 Å². The van der Waals surface area contributed by atoms with Crippen LogP contribution in [-0.2, 0) is 0 Å². The molecule has 6 heteroatoms. The Bertz CT molecular complexity index is 158. The third-order valence-corrected chi connectivity index (χ3v) is 2.54. The summed E-state index contributed by atoms with van der Waals surface area (Å²) in [5, 5.41) is 8.38. The van der Waals surface area contributed by atoms with Crippen molar-refractivity contribution < 1.29 is 9.90 Å². The molecule has 0 heterocycles. The molecule has 4 nitrogen and oxygen atoms in total. The van der Waals surface area contributed by atoms with Crippen molar-refractivity contribution >= 4 is 30.6 Å². The number of halogens is 1. The summed E-state index contributed by atoms with van der Waals surface area (Å²) in [6.07, 6.45) is 0.0929. The summed E-state index contributed by atoms with van der Waals surface area (Å²) < 4.78 is 4.27. The first-order valence-electron chi connectivity index (χ1n) is 4.47. The molecule has 0 aromatic rings. The fourth-order valence-electron chi connectivity index (χ4n) is 0.774. The van der Waals surface area contributed by atoms with Gasteiger partial charge >= 0.3 is 6.09 Å². The lowest BCUT2D eigenvalue weighted by Crippen LogP contribution is -2.25. The number of amides is 1. The highest BCUT2D eigenvalue weighted by Gasteiger charge is 2.05. The molecule has 0 radical (unpaired) electrons. The molecular formula is C8H19ClN2O2S. The molecule has 0 saturated heterocycles. The molecule has 14 heavy (non-hydrogen) atoms. The Kier molecular flexibility index (Phi) is 11.0. The summed E-state index contributed by atoms with van der Waals surface area (Å²) in [4.78, 5) is 10.2. The van der Waals surface area contributed by atoms with Crippen LogP contribution in [-0.4, -0.2) is 28.6 Å². The van der Waals surface area contributed by atoms with Gasteiger partial charge in [0.25, 0.3) is 0 Å². The third kappa shape index (κ3) is 9.95. The molecule has 0 aliphatic heterocycles. The Morgan fingerprint density at radius 2 is 2.14 bits per heavy atom. The highest BCUT2D eigenvalue weighted by molar-refractivity contribution is 7.95. The van der Waals surface area contributed by atoms with Gasteiger partial charge in [-0.1, -0.05) is 20.8 Å². The van der Waals surface area contributed by atoms with Crippen molar-refractivity contribution in [2.45, 2.75) is 27.2 Å². The average Bonchev–Trinajstić information content (AvgIpc) is 2.04. The van der Waals surface area contributed by atoms with Gasteiger partial charge in [0.1, 0.15) is 0 Å². The van der Waals surface area contributed by atoms with Crippen LogP contribution < -0.4 is 4.72 Å². The molecule has 0 spiro atoms. The van der Waals surface area contributed by atoms with E-state index in [4.69, 9.17) is 5.11 Å². The minimum Gasteiger partial charge on any atom is -0.464 e. The second-order valence-corrected chi connectivity index (χ2v) is 4.11. The second-order valence-electron chi connectivity index (χ2n) is 3.20. The molecule has 0 unspecified atom stereocenters. The van der Waals surface area contributed by atoms with Crippen molar-refractivity contribution in [2.24, 2.45) is 5.92 Å². The summed E-state index contributed by atoms with van der Waals surface area (Å²) in [7, 11) is 0. The number of carboxylic acid groups (broad SMARTS) is 1. The number of nitrogens with zero attached hydrogens (tertiary/aromatic N) is 1. The van der Waals surface area contributed by atoms with E-state index in [1.165, 1.54) is 0 Å². The Morgan fingerprint density at radius 3 is 2.50 bits per heavy atom. The van der Waals surface area contributed by atoms with Crippen LogP contribution in [0.5, 0.6) is 0 Å². The van der Waals surface area contributed by atoms with Crippen molar-refractivity contribution in [3.8, 4) is 0 Å². The van der Waals surface area contributed by atoms with Gasteiger partial charge in [0, 0.05) is 25.2 Å². The Balaban J connectivity index is 0. The molecule has 0 aliphatic rings. The van der Waals surface area contributed by atoms with E-state index < -0.39 is 6.09 Å². The van der Waals surface area contributed by atoms with E-state index in [-0.39, 0.29) is 12.4 Å². The van der Waals surface area contributed by atoms with Crippen molar-refractivity contribution in [1.82, 2.24) is 9.03 Å². The normalized spacial score (nSPS) is 10.1. The van der Waals surface area contributed by atoms with Crippen molar-refractivity contribution in [2.75, 3.05) is 13.1 Å². The Labute approximate surface area is 96.1 Å². The standard InChI is InChI=1S/C8H18N2O2S.ClH/c1-4-10(6-5-7(2)3)13-9-8(11)12;/h7,9H,4-6H2,1-3H3,(H,11,12);1H. The quantitative estimate of drug-likeness (QED) is 0.703. The molecule has 0 aromatic carbocycles. The molecule has 0 saturated carbocycles. The van der Waals surface area contributed by atoms with Crippen molar-refractivity contribution in [3.05, 3.63) is 0 Å². The summed E-state index contributed by atoms with van der Waals surface area (Å²) in [6, 6.07) is 0. The van der Waals surface area contributed by atoms with Crippen LogP contribution in [0.3, 0.4) is 0 Å². The fourth-order valence-corrected chi connectivity index (χ4v) is 1.31. The second kappa shape index (κ2) is 9.43. The van der Waals surface area contributed by atoms with Crippen LogP contribution in [0.2, 0.25) is 0 Å². The molecule has 0 rings (SSSR count). The minimum absolute atomic E-state index is 0. The van der Waals surface area contributed by atoms with Gasteiger partial charge in [-0.05, 0) is 12.3 Å². The monoisotopic (exact) mass is 242 g/mol. The highest BCUT2D eigenvalue weighted by Crippen LogP contribution is 2.08. The smallest absolute Gasteiger partial charge is 0.415 e. The summed E-state index contributed by atoms with van der Waals surface area (Å²) >= 11 is 1.16. The molecular weight excluding hydrogens is 224 g/mol. The third-order valence-electron chi connectivity index (χ3n) is 1.57. The lowest BCUT2D eigenvalue weighted by molar-refractivity contribution is 0.201. The van der Waals surface area contributed by atoms with E-state index in [0.29, 0.717) is 5.92 Å². The zero-order chi connectivity index (χ0) is 10.3. The van der Waals surface area contributed by atoms with Crippen LogP contribution >= 0.6 is 24.5 Å². The maximum Gasteiger partial charge on any atom is 0.415 e. The molecule has 0 fully saturated rings. The lowest BCUT2D eigenvalue weighted by atomic mass is 10.1. The lowest BCUT2D eigenvalue weighted by Gasteiger charge is -2.18. The highest BCUT2D eigenvalue weighted by atomic mass is 35.5. The maximum atomic E-state index is 10.2. The fraction of sp³-hybridized carbons (Fsp3) is 0.875. The predicted molar refractivity (Wildman–Crippen MR) is 62.7 cm³/mol. The summed E-state index contributed by atoms with van der Waals surface area (Å²) in [5.74, 6) is 0.652. The van der Waals surface area contributed by atoms with Crippen molar-refractivity contribution in [1.29, 1.82) is 0 Å². The Morgan fingerprint density at radius 1 is 1.57 bits per heavy atom. The first-order valence-corrected chi connectivity index (χ1v) is 5.24. The number of rotatable bonds is 6. The molecule has 2 N–H and O–H groups in total. The molecule has 0 aromatic heterocycles. The van der Waals surface area contributed by atoms with E-state index in [1.807, 2.05) is 11.2 Å². The number of carbonyl (C=O) groups is 1. The van der Waals surface area contributed by atoms with Crippen LogP contribution in [0.4, 0.5) is 4.79 Å². The van der Waals surface area contributed by atoms with Gasteiger partial charge in [-0.15, -0.1) is 12.4 Å². The molecule has 0 aliphatic carbocycles. The predicted octanol–water partition coefficient (Wildman–Crippen LogP) is 2.61. The van der Waals surface area contributed by atoms with E-state index in [2.05, 4.69) is 18.6 Å². The molecule has 0 atom stereocenters. The first-order chi connectivity index (χ1) is 6.06. The van der Waals surface area contributed by atoms with E-state index in [9.17, 15) is 4.79 Å². The zero-order valence-electron chi connectivity index (χ0n) is 8.82. The molecule has 1 amide bonds. The summed E-state index contributed by atoms with van der Waals surface area (Å²) in [6.45, 7) is 8.08. The van der Waals surface area contributed by atoms with Crippen LogP contribution in [0, 0.1) is 5.92 Å². The largest absolute Gasteiger partial charge is 0.464 e. The topological polar surface area (TPSA) is 52.6 Å². The summed E-state index contributed by atoms with van der Waals surface area (Å²) in [5.41, 5.74) is 0. The van der Waals surface area contributed by atoms with E-state index >= 15 is 0 Å². The minimum atomic E-state index is -0.993. The van der Waals surface area contributed by atoms with E-state index in [0.717, 1.165) is 31.6 Å². The molecule has 0 bridgehead atoms. The molecule has 86 valence electrons. The maximum absolute atomic E-state index is 10.2. The number of hydrogen-bond donors (Lipinski definition) is 2. The van der Waals surface area contributed by atoms with Gasteiger partial charge < -0.3 is 5.11 Å². The van der Waals surface area contributed by atoms with Crippen LogP contribution in [0.15, 0.2) is 0 Å². The first kappa shape index (κ1) is 16.3. The van der Waals surface area contributed by atoms with Crippen LogP contribution in [0.1, 0.15) is 27.2 Å². The number of nitrogens with one attached hydrogen (secondary N) is 1. The number of hydrogen-bond acceptors (Lipinski definition) is 3. The van der Waals surface area contributed by atoms with Gasteiger partial charge in [0.15, 0.2) is 0 Å². The van der Waals surface area contributed by atoms with Gasteiger partial charge in [-0.25, -0.2) is 9.10 Å². The van der Waals surface area contributed by atoms with Gasteiger partial charge in [-0.3, -0.25) is 4.72 Å². The van der Waals surface area contributed by atoms with E-state index in [1.54, 1.807) is 0 Å². The van der Waals surface area contributed by atoms with Gasteiger partial charge in [0.2, 0.25) is 0 Å². The van der Waals surface area contributed by atoms with Gasteiger partial charge in [0.05, 0.1) is 0 Å². The average molecular weight is 243 g/mol. The zero-order valence-corrected chi connectivity index (χ0v) is 10.5. The SMILES string of the molecule is CCN(CCC(C)C)SNC(=O)O.Cl. The van der Waals surface area contributed by atoms with Crippen LogP contribution in [0.25, 0.3) is 0 Å². The Hall–Kier alpha value is -0.130. The van der Waals surface area contributed by atoms with Gasteiger partial charge in [-0.2, -0.15) is 0 Å².